The molecule has 7 heteroatoms. The first-order chi connectivity index (χ1) is 9.89. The largest absolute Gasteiger partial charge is 0.382 e. The number of hydrogen-bond acceptors (Lipinski definition) is 5. The minimum Gasteiger partial charge on any atom is -0.382 e. The van der Waals surface area contributed by atoms with Crippen molar-refractivity contribution >= 4 is 19.7 Å². The summed E-state index contributed by atoms with van der Waals surface area (Å²) in [6.45, 7) is 6.49. The van der Waals surface area contributed by atoms with E-state index in [1.165, 1.54) is 0 Å². The number of halogens is 1. The fraction of sp³-hybridized carbons (Fsp3) is 1.00. The maximum Gasteiger partial charge on any atom is 0.233 e. The molecule has 0 spiro atoms. The molecule has 0 saturated carbocycles. The van der Waals surface area contributed by atoms with E-state index < -0.39 is 14.5 Å². The monoisotopic (exact) mass is 344 g/mol. The van der Waals surface area contributed by atoms with E-state index in [0.29, 0.717) is 33.0 Å². The Balaban J connectivity index is 4.32. The standard InChI is InChI=1S/C14H29ClO5S/c1-4-6-14(7-5-2,13-21(15,16)17)12-20-11-10-19-9-8-18-3/h4-13H2,1-3H3. The van der Waals surface area contributed by atoms with E-state index in [2.05, 4.69) is 0 Å². The summed E-state index contributed by atoms with van der Waals surface area (Å²) >= 11 is 0. The summed E-state index contributed by atoms with van der Waals surface area (Å²) < 4.78 is 38.8. The van der Waals surface area contributed by atoms with Crippen molar-refractivity contribution in [1.29, 1.82) is 0 Å². The van der Waals surface area contributed by atoms with Gasteiger partial charge in [-0.15, -0.1) is 0 Å². The van der Waals surface area contributed by atoms with Crippen molar-refractivity contribution in [1.82, 2.24) is 0 Å². The lowest BCUT2D eigenvalue weighted by molar-refractivity contribution is -0.00498. The van der Waals surface area contributed by atoms with Crippen molar-refractivity contribution in [3.8, 4) is 0 Å². The average Bonchev–Trinajstić information content (AvgIpc) is 2.36. The van der Waals surface area contributed by atoms with Crippen LogP contribution in [0.25, 0.3) is 0 Å². The Labute approximate surface area is 133 Å². The van der Waals surface area contributed by atoms with Gasteiger partial charge in [-0.3, -0.25) is 0 Å². The third-order valence-corrected chi connectivity index (χ3v) is 4.54. The van der Waals surface area contributed by atoms with Crippen LogP contribution in [0, 0.1) is 5.41 Å². The lowest BCUT2D eigenvalue weighted by Gasteiger charge is -2.32. The molecule has 0 bridgehead atoms. The van der Waals surface area contributed by atoms with Gasteiger partial charge in [0.2, 0.25) is 9.05 Å². The molecule has 0 amide bonds. The van der Waals surface area contributed by atoms with Crippen LogP contribution in [0.15, 0.2) is 0 Å². The van der Waals surface area contributed by atoms with Gasteiger partial charge in [-0.1, -0.05) is 26.7 Å². The van der Waals surface area contributed by atoms with Crippen LogP contribution in [0.3, 0.4) is 0 Å². The van der Waals surface area contributed by atoms with Crippen LogP contribution in [0.4, 0.5) is 0 Å². The Bertz CT molecular complexity index is 339. The predicted octanol–water partition coefficient (Wildman–Crippen LogP) is 2.82. The predicted molar refractivity (Wildman–Crippen MR) is 85.4 cm³/mol. The van der Waals surface area contributed by atoms with E-state index in [9.17, 15) is 8.42 Å². The van der Waals surface area contributed by atoms with Gasteiger partial charge in [-0.25, -0.2) is 8.42 Å². The molecule has 0 atom stereocenters. The van der Waals surface area contributed by atoms with Crippen LogP contribution >= 0.6 is 10.7 Å². The summed E-state index contributed by atoms with van der Waals surface area (Å²) in [4.78, 5) is 0. The fourth-order valence-electron chi connectivity index (χ4n) is 2.53. The Kier molecular flexibility index (Phi) is 11.7. The van der Waals surface area contributed by atoms with Crippen LogP contribution in [0.2, 0.25) is 0 Å². The molecule has 0 radical (unpaired) electrons. The van der Waals surface area contributed by atoms with Crippen molar-refractivity contribution in [3.63, 3.8) is 0 Å². The van der Waals surface area contributed by atoms with Crippen molar-refractivity contribution < 1.29 is 22.6 Å². The molecule has 0 aromatic heterocycles. The zero-order chi connectivity index (χ0) is 16.2. The summed E-state index contributed by atoms with van der Waals surface area (Å²) in [7, 11) is 3.55. The van der Waals surface area contributed by atoms with E-state index in [1.54, 1.807) is 7.11 Å². The summed E-state index contributed by atoms with van der Waals surface area (Å²) in [5.41, 5.74) is -0.392. The Morgan fingerprint density at radius 3 is 1.95 bits per heavy atom. The second-order valence-electron chi connectivity index (χ2n) is 5.34. The van der Waals surface area contributed by atoms with Crippen LogP contribution in [-0.2, 0) is 23.3 Å². The molecule has 21 heavy (non-hydrogen) atoms. The summed E-state index contributed by atoms with van der Waals surface area (Å²) in [5, 5.41) is 0. The van der Waals surface area contributed by atoms with Crippen molar-refractivity contribution in [2.75, 3.05) is 45.9 Å². The van der Waals surface area contributed by atoms with Crippen LogP contribution in [0.5, 0.6) is 0 Å². The van der Waals surface area contributed by atoms with Gasteiger partial charge in [-0.2, -0.15) is 0 Å². The molecule has 0 aliphatic carbocycles. The van der Waals surface area contributed by atoms with Crippen molar-refractivity contribution in [2.24, 2.45) is 5.41 Å². The van der Waals surface area contributed by atoms with Crippen molar-refractivity contribution in [2.45, 2.75) is 39.5 Å². The second-order valence-corrected chi connectivity index (χ2v) is 8.12. The van der Waals surface area contributed by atoms with Gasteiger partial charge in [0.25, 0.3) is 0 Å². The average molecular weight is 345 g/mol. The van der Waals surface area contributed by atoms with Gasteiger partial charge in [0.05, 0.1) is 38.8 Å². The first-order valence-corrected chi connectivity index (χ1v) is 9.93. The smallest absolute Gasteiger partial charge is 0.233 e. The van der Waals surface area contributed by atoms with E-state index in [4.69, 9.17) is 24.9 Å². The van der Waals surface area contributed by atoms with E-state index in [1.807, 2.05) is 13.8 Å². The lowest BCUT2D eigenvalue weighted by atomic mass is 9.82. The van der Waals surface area contributed by atoms with Crippen LogP contribution in [0.1, 0.15) is 39.5 Å². The van der Waals surface area contributed by atoms with Gasteiger partial charge < -0.3 is 14.2 Å². The lowest BCUT2D eigenvalue weighted by Crippen LogP contribution is -2.34. The van der Waals surface area contributed by atoms with Gasteiger partial charge in [-0.05, 0) is 12.8 Å². The molecule has 0 rings (SSSR count). The van der Waals surface area contributed by atoms with E-state index >= 15 is 0 Å². The molecule has 0 N–H and O–H groups in total. The summed E-state index contributed by atoms with van der Waals surface area (Å²) in [6, 6.07) is 0. The molecular formula is C14H29ClO5S. The minimum atomic E-state index is -3.54. The molecule has 0 fully saturated rings. The third-order valence-electron chi connectivity index (χ3n) is 3.25. The molecule has 0 saturated heterocycles. The highest BCUT2D eigenvalue weighted by molar-refractivity contribution is 8.13. The van der Waals surface area contributed by atoms with Gasteiger partial charge in [0.15, 0.2) is 0 Å². The quantitative estimate of drug-likeness (QED) is 0.358. The second kappa shape index (κ2) is 11.7. The maximum absolute atomic E-state index is 11.5. The third kappa shape index (κ3) is 11.4. The molecule has 5 nitrogen and oxygen atoms in total. The van der Waals surface area contributed by atoms with Crippen LogP contribution < -0.4 is 0 Å². The fourth-order valence-corrected chi connectivity index (χ4v) is 4.33. The zero-order valence-electron chi connectivity index (χ0n) is 13.4. The van der Waals surface area contributed by atoms with E-state index in [-0.39, 0.29) is 5.75 Å². The van der Waals surface area contributed by atoms with Crippen molar-refractivity contribution in [3.05, 3.63) is 0 Å². The molecule has 0 aliphatic rings. The SMILES string of the molecule is CCCC(CCC)(COCCOCCOC)CS(=O)(=O)Cl. The molecule has 0 unspecified atom stereocenters. The van der Waals surface area contributed by atoms with Gasteiger partial charge >= 0.3 is 0 Å². The molecule has 0 aromatic rings. The molecule has 0 heterocycles. The molecule has 0 aliphatic heterocycles. The molecule has 0 aromatic carbocycles. The van der Waals surface area contributed by atoms with Gasteiger partial charge in [0.1, 0.15) is 0 Å². The number of ether oxygens (including phenoxy) is 3. The number of methoxy groups -OCH3 is 1. The highest BCUT2D eigenvalue weighted by atomic mass is 35.7. The first kappa shape index (κ1) is 21.1. The highest BCUT2D eigenvalue weighted by Crippen LogP contribution is 2.33. The Morgan fingerprint density at radius 1 is 0.952 bits per heavy atom. The molecular weight excluding hydrogens is 316 g/mol. The summed E-state index contributed by atoms with van der Waals surface area (Å²) in [5.74, 6) is -0.0340. The Hall–Kier alpha value is 0.120. The minimum absolute atomic E-state index is 0.0340. The molecule has 128 valence electrons. The maximum atomic E-state index is 11.5. The summed E-state index contributed by atoms with van der Waals surface area (Å²) in [6.07, 6.45) is 3.38. The van der Waals surface area contributed by atoms with E-state index in [0.717, 1.165) is 25.7 Å². The zero-order valence-corrected chi connectivity index (χ0v) is 15.0. The number of hydrogen-bond donors (Lipinski definition) is 0. The van der Waals surface area contributed by atoms with Crippen LogP contribution in [-0.4, -0.2) is 54.3 Å². The number of rotatable bonds is 14. The Morgan fingerprint density at radius 2 is 1.48 bits per heavy atom. The highest BCUT2D eigenvalue weighted by Gasteiger charge is 2.33. The normalized spacial score (nSPS) is 12.8. The van der Waals surface area contributed by atoms with Gasteiger partial charge in [0, 0.05) is 23.2 Å². The first-order valence-electron chi connectivity index (χ1n) is 7.46. The topological polar surface area (TPSA) is 61.8 Å².